The molecule has 0 heterocycles. The molecule has 0 aliphatic carbocycles. The van der Waals surface area contributed by atoms with E-state index < -0.39 is 5.97 Å². The molecule has 0 aliphatic rings. The number of ether oxygens (including phenoxy) is 1. The van der Waals surface area contributed by atoms with Crippen molar-refractivity contribution in [3.8, 4) is 5.75 Å². The number of carboxylic acid groups (broad SMARTS) is 1. The van der Waals surface area contributed by atoms with Crippen molar-refractivity contribution in [2.24, 2.45) is 0 Å². The molecular formula is C16H16ClNO3. The van der Waals surface area contributed by atoms with Gasteiger partial charge in [-0.25, -0.2) is 4.79 Å². The van der Waals surface area contributed by atoms with Crippen molar-refractivity contribution in [3.05, 3.63) is 58.6 Å². The molecule has 4 nitrogen and oxygen atoms in total. The van der Waals surface area contributed by atoms with Crippen LogP contribution in [0.4, 0.5) is 5.69 Å². The van der Waals surface area contributed by atoms with Crippen molar-refractivity contribution in [2.45, 2.75) is 6.54 Å². The molecule has 1 N–H and O–H groups in total. The highest BCUT2D eigenvalue weighted by Gasteiger charge is 2.11. The first-order valence-electron chi connectivity index (χ1n) is 6.38. The average molecular weight is 306 g/mol. The summed E-state index contributed by atoms with van der Waals surface area (Å²) in [5.41, 5.74) is 2.04. The number of carbonyl (C=O) groups is 1. The van der Waals surface area contributed by atoms with Gasteiger partial charge in [-0.05, 0) is 35.9 Å². The summed E-state index contributed by atoms with van der Waals surface area (Å²) in [5, 5.41) is 9.36. The Bertz CT molecular complexity index is 658. The van der Waals surface area contributed by atoms with Gasteiger partial charge >= 0.3 is 5.97 Å². The van der Waals surface area contributed by atoms with Crippen LogP contribution >= 0.6 is 11.6 Å². The number of halogens is 1. The molecule has 0 aliphatic heterocycles. The highest BCUT2D eigenvalue weighted by Crippen LogP contribution is 2.27. The van der Waals surface area contributed by atoms with E-state index in [0.717, 1.165) is 17.0 Å². The first kappa shape index (κ1) is 15.2. The molecule has 0 saturated carbocycles. The van der Waals surface area contributed by atoms with Gasteiger partial charge in [0.05, 0.1) is 23.4 Å². The van der Waals surface area contributed by atoms with Crippen LogP contribution in [-0.4, -0.2) is 25.2 Å². The molecule has 0 bridgehead atoms. The number of hydrogen-bond donors (Lipinski definition) is 1. The summed E-state index contributed by atoms with van der Waals surface area (Å²) < 4.78 is 5.20. The third-order valence-corrected chi connectivity index (χ3v) is 3.46. The van der Waals surface area contributed by atoms with E-state index in [2.05, 4.69) is 0 Å². The molecule has 0 unspecified atom stereocenters. The Morgan fingerprint density at radius 1 is 1.29 bits per heavy atom. The van der Waals surface area contributed by atoms with Crippen molar-refractivity contribution in [1.82, 2.24) is 0 Å². The molecule has 5 heteroatoms. The molecule has 0 spiro atoms. The number of benzene rings is 2. The van der Waals surface area contributed by atoms with Gasteiger partial charge in [-0.1, -0.05) is 23.7 Å². The van der Waals surface area contributed by atoms with Gasteiger partial charge in [-0.2, -0.15) is 0 Å². The van der Waals surface area contributed by atoms with Crippen LogP contribution in [0.5, 0.6) is 5.75 Å². The average Bonchev–Trinajstić information content (AvgIpc) is 2.47. The van der Waals surface area contributed by atoms with Crippen LogP contribution in [0.1, 0.15) is 15.9 Å². The van der Waals surface area contributed by atoms with Crippen LogP contribution in [0.15, 0.2) is 42.5 Å². The third kappa shape index (κ3) is 3.67. The summed E-state index contributed by atoms with van der Waals surface area (Å²) in [6.07, 6.45) is 0. The lowest BCUT2D eigenvalue weighted by molar-refractivity contribution is 0.0697. The van der Waals surface area contributed by atoms with Crippen LogP contribution in [-0.2, 0) is 6.54 Å². The number of rotatable bonds is 5. The van der Waals surface area contributed by atoms with Crippen LogP contribution in [0.25, 0.3) is 0 Å². The normalized spacial score (nSPS) is 10.2. The first-order valence-corrected chi connectivity index (χ1v) is 6.76. The Morgan fingerprint density at radius 2 is 2.05 bits per heavy atom. The smallest absolute Gasteiger partial charge is 0.335 e. The molecule has 110 valence electrons. The number of anilines is 1. The molecule has 21 heavy (non-hydrogen) atoms. The van der Waals surface area contributed by atoms with Crippen LogP contribution in [0.2, 0.25) is 5.02 Å². The maximum atomic E-state index is 10.9. The third-order valence-electron chi connectivity index (χ3n) is 3.16. The van der Waals surface area contributed by atoms with Gasteiger partial charge in [0.2, 0.25) is 0 Å². The molecule has 0 atom stereocenters. The summed E-state index contributed by atoms with van der Waals surface area (Å²) in [4.78, 5) is 12.9. The number of hydrogen-bond acceptors (Lipinski definition) is 3. The monoisotopic (exact) mass is 305 g/mol. The predicted molar refractivity (Wildman–Crippen MR) is 83.5 cm³/mol. The highest BCUT2D eigenvalue weighted by molar-refractivity contribution is 6.33. The molecule has 0 amide bonds. The van der Waals surface area contributed by atoms with E-state index in [0.29, 0.717) is 11.6 Å². The van der Waals surface area contributed by atoms with Gasteiger partial charge in [-0.15, -0.1) is 0 Å². The summed E-state index contributed by atoms with van der Waals surface area (Å²) in [6, 6.07) is 12.5. The molecule has 0 fully saturated rings. The molecule has 0 aromatic heterocycles. The van der Waals surface area contributed by atoms with E-state index in [4.69, 9.17) is 21.4 Å². The minimum absolute atomic E-state index is 0.179. The van der Waals surface area contributed by atoms with Gasteiger partial charge in [0, 0.05) is 13.6 Å². The van der Waals surface area contributed by atoms with E-state index in [1.165, 1.54) is 6.07 Å². The predicted octanol–water partition coefficient (Wildman–Crippen LogP) is 3.68. The molecule has 2 aromatic rings. The van der Waals surface area contributed by atoms with Crippen molar-refractivity contribution in [2.75, 3.05) is 19.1 Å². The largest absolute Gasteiger partial charge is 0.497 e. The lowest BCUT2D eigenvalue weighted by Gasteiger charge is -2.21. The van der Waals surface area contributed by atoms with Crippen LogP contribution in [0.3, 0.4) is 0 Å². The van der Waals surface area contributed by atoms with Gasteiger partial charge < -0.3 is 14.7 Å². The van der Waals surface area contributed by atoms with Crippen LogP contribution in [0, 0.1) is 0 Å². The Hall–Kier alpha value is -2.20. The molecule has 2 aromatic carbocycles. The number of methoxy groups -OCH3 is 1. The maximum absolute atomic E-state index is 10.9. The maximum Gasteiger partial charge on any atom is 0.335 e. The molecular weight excluding hydrogens is 290 g/mol. The second kappa shape index (κ2) is 6.50. The summed E-state index contributed by atoms with van der Waals surface area (Å²) >= 11 is 6.16. The Labute approximate surface area is 128 Å². The molecule has 0 saturated heterocycles. The van der Waals surface area contributed by atoms with E-state index in [1.54, 1.807) is 19.2 Å². The van der Waals surface area contributed by atoms with E-state index >= 15 is 0 Å². The Kier molecular flexibility index (Phi) is 4.70. The van der Waals surface area contributed by atoms with Crippen molar-refractivity contribution < 1.29 is 14.6 Å². The van der Waals surface area contributed by atoms with Gasteiger partial charge in [0.15, 0.2) is 0 Å². The van der Waals surface area contributed by atoms with E-state index in [9.17, 15) is 4.79 Å². The van der Waals surface area contributed by atoms with Crippen molar-refractivity contribution in [3.63, 3.8) is 0 Å². The Morgan fingerprint density at radius 3 is 2.67 bits per heavy atom. The van der Waals surface area contributed by atoms with E-state index in [-0.39, 0.29) is 5.56 Å². The standard InChI is InChI=1S/C16H16ClNO3/c1-18(10-11-4-3-5-13(8-11)21-2)15-7-6-12(16(19)20)9-14(15)17/h3-9H,10H2,1-2H3,(H,19,20). The number of carboxylic acids is 1. The quantitative estimate of drug-likeness (QED) is 0.915. The zero-order valence-electron chi connectivity index (χ0n) is 11.8. The lowest BCUT2D eigenvalue weighted by Crippen LogP contribution is -2.17. The number of nitrogens with zero attached hydrogens (tertiary/aromatic N) is 1. The van der Waals surface area contributed by atoms with Gasteiger partial charge in [-0.3, -0.25) is 0 Å². The van der Waals surface area contributed by atoms with E-state index in [1.807, 2.05) is 36.2 Å². The molecule has 2 rings (SSSR count). The van der Waals surface area contributed by atoms with Crippen molar-refractivity contribution in [1.29, 1.82) is 0 Å². The minimum atomic E-state index is -0.987. The fraction of sp³-hybridized carbons (Fsp3) is 0.188. The molecule has 0 radical (unpaired) electrons. The fourth-order valence-corrected chi connectivity index (χ4v) is 2.40. The topological polar surface area (TPSA) is 49.8 Å². The minimum Gasteiger partial charge on any atom is -0.497 e. The van der Waals surface area contributed by atoms with Gasteiger partial charge in [0.1, 0.15) is 5.75 Å². The summed E-state index contributed by atoms with van der Waals surface area (Å²) in [5.74, 6) is -0.188. The Balaban J connectivity index is 2.19. The zero-order valence-corrected chi connectivity index (χ0v) is 12.6. The summed E-state index contributed by atoms with van der Waals surface area (Å²) in [7, 11) is 3.53. The number of aromatic carboxylic acids is 1. The SMILES string of the molecule is COc1cccc(CN(C)c2ccc(C(=O)O)cc2Cl)c1. The second-order valence-corrected chi connectivity index (χ2v) is 5.09. The summed E-state index contributed by atoms with van der Waals surface area (Å²) in [6.45, 7) is 0.642. The van der Waals surface area contributed by atoms with Crippen LogP contribution < -0.4 is 9.64 Å². The zero-order chi connectivity index (χ0) is 15.4. The first-order chi connectivity index (χ1) is 10.0. The fourth-order valence-electron chi connectivity index (χ4n) is 2.08. The highest BCUT2D eigenvalue weighted by atomic mass is 35.5. The van der Waals surface area contributed by atoms with Gasteiger partial charge in [0.25, 0.3) is 0 Å². The lowest BCUT2D eigenvalue weighted by atomic mass is 10.1. The van der Waals surface area contributed by atoms with Crippen molar-refractivity contribution >= 4 is 23.3 Å². The second-order valence-electron chi connectivity index (χ2n) is 4.68.